The van der Waals surface area contributed by atoms with Crippen LogP contribution in [0.5, 0.6) is 0 Å². The van der Waals surface area contributed by atoms with Gasteiger partial charge in [0.25, 0.3) is 0 Å². The van der Waals surface area contributed by atoms with Gasteiger partial charge in [-0.2, -0.15) is 5.06 Å². The van der Waals surface area contributed by atoms with Crippen LogP contribution in [0.2, 0.25) is 0 Å². The van der Waals surface area contributed by atoms with Gasteiger partial charge in [0.2, 0.25) is 11.8 Å². The molecule has 5 N–H and O–H groups in total. The molecule has 0 saturated heterocycles. The summed E-state index contributed by atoms with van der Waals surface area (Å²) in [4.78, 5) is 20.5. The molecule has 0 unspecified atom stereocenters. The molecule has 0 aromatic heterocycles. The Kier molecular flexibility index (Phi) is 4.98. The Bertz CT molecular complexity index is 153. The lowest BCUT2D eigenvalue weighted by Crippen LogP contribution is -2.28. The number of hydrogen-bond acceptors (Lipinski definition) is 4. The van der Waals surface area contributed by atoms with Gasteiger partial charge in [0.05, 0.1) is 0 Å². The van der Waals surface area contributed by atoms with Crippen LogP contribution in [0, 0.1) is 0 Å². The quantitative estimate of drug-likeness (QED) is 0.423. The number of carbonyl (C=O) groups is 2. The van der Waals surface area contributed by atoms with Crippen molar-refractivity contribution in [3.05, 3.63) is 0 Å². The molecule has 0 bridgehead atoms. The van der Waals surface area contributed by atoms with Crippen molar-refractivity contribution in [2.45, 2.75) is 12.8 Å². The molecule has 0 rings (SSSR count). The first-order valence-electron chi connectivity index (χ1n) is 3.53. The number of hydrogen-bond donors (Lipinski definition) is 3. The fourth-order valence-electron chi connectivity index (χ4n) is 0.590. The molecule has 0 heterocycles. The normalized spacial score (nSPS) is 10.2. The molecule has 6 heteroatoms. The number of rotatable bonds is 6. The second-order valence-corrected chi connectivity index (χ2v) is 2.39. The van der Waals surface area contributed by atoms with Gasteiger partial charge in [-0.15, -0.1) is 0 Å². The van der Waals surface area contributed by atoms with Gasteiger partial charge in [0, 0.05) is 25.9 Å². The van der Waals surface area contributed by atoms with Crippen molar-refractivity contribution < 1.29 is 14.8 Å². The second-order valence-electron chi connectivity index (χ2n) is 2.39. The monoisotopic (exact) mass is 175 g/mol. The molecular weight excluding hydrogens is 162 g/mol. The van der Waals surface area contributed by atoms with Crippen molar-refractivity contribution in [1.82, 2.24) is 5.06 Å². The summed E-state index contributed by atoms with van der Waals surface area (Å²) in [6, 6.07) is 0. The lowest BCUT2D eigenvalue weighted by atomic mass is 10.3. The van der Waals surface area contributed by atoms with E-state index in [1.54, 1.807) is 0 Å². The molecule has 6 nitrogen and oxygen atoms in total. The fourth-order valence-corrected chi connectivity index (χ4v) is 0.590. The number of nitrogens with zero attached hydrogens (tertiary/aromatic N) is 1. The van der Waals surface area contributed by atoms with Crippen LogP contribution in [0.1, 0.15) is 12.8 Å². The summed E-state index contributed by atoms with van der Waals surface area (Å²) in [7, 11) is 0. The van der Waals surface area contributed by atoms with E-state index in [0.29, 0.717) is 0 Å². The zero-order chi connectivity index (χ0) is 9.56. The molecule has 12 heavy (non-hydrogen) atoms. The molecule has 0 atom stereocenters. The molecule has 0 aliphatic heterocycles. The van der Waals surface area contributed by atoms with E-state index in [-0.39, 0.29) is 25.9 Å². The van der Waals surface area contributed by atoms with Crippen LogP contribution < -0.4 is 11.5 Å². The highest BCUT2D eigenvalue weighted by Gasteiger charge is 2.03. The lowest BCUT2D eigenvalue weighted by molar-refractivity contribution is -0.128. The maximum Gasteiger partial charge on any atom is 0.218 e. The van der Waals surface area contributed by atoms with Gasteiger partial charge in [-0.3, -0.25) is 9.59 Å². The Morgan fingerprint density at radius 2 is 1.42 bits per heavy atom. The van der Waals surface area contributed by atoms with Gasteiger partial charge in [0.1, 0.15) is 0 Å². The Hall–Kier alpha value is -1.14. The highest BCUT2D eigenvalue weighted by Crippen LogP contribution is 1.88. The topological polar surface area (TPSA) is 110 Å². The van der Waals surface area contributed by atoms with Gasteiger partial charge in [-0.25, -0.2) is 0 Å². The third kappa shape index (κ3) is 6.97. The molecule has 0 aliphatic rings. The zero-order valence-corrected chi connectivity index (χ0v) is 6.69. The number of primary amides is 2. The maximum atomic E-state index is 10.2. The minimum absolute atomic E-state index is 0.0647. The van der Waals surface area contributed by atoms with Crippen LogP contribution >= 0.6 is 0 Å². The molecule has 0 radical (unpaired) electrons. The summed E-state index contributed by atoms with van der Waals surface area (Å²) >= 11 is 0. The molecule has 2 amide bonds. The third-order valence-electron chi connectivity index (χ3n) is 1.23. The summed E-state index contributed by atoms with van der Waals surface area (Å²) in [5, 5.41) is 9.81. The molecule has 0 fully saturated rings. The Morgan fingerprint density at radius 3 is 1.67 bits per heavy atom. The summed E-state index contributed by atoms with van der Waals surface area (Å²) in [5.74, 6) is -0.985. The molecule has 0 spiro atoms. The van der Waals surface area contributed by atoms with E-state index in [0.717, 1.165) is 5.06 Å². The SMILES string of the molecule is NC(=O)CCN(O)CCC(N)=O. The molecule has 0 aliphatic carbocycles. The Morgan fingerprint density at radius 1 is 1.08 bits per heavy atom. The molecule has 70 valence electrons. The summed E-state index contributed by atoms with van der Waals surface area (Å²) in [5.41, 5.74) is 9.66. The molecule has 0 saturated carbocycles. The van der Waals surface area contributed by atoms with Crippen LogP contribution in [-0.4, -0.2) is 35.2 Å². The highest BCUT2D eigenvalue weighted by atomic mass is 16.5. The number of amides is 2. The Labute approximate surface area is 70.1 Å². The second kappa shape index (κ2) is 5.50. The number of nitrogens with two attached hydrogens (primary N) is 2. The molecule has 0 aromatic rings. The van der Waals surface area contributed by atoms with Crippen molar-refractivity contribution in [3.63, 3.8) is 0 Å². The van der Waals surface area contributed by atoms with Crippen LogP contribution in [0.15, 0.2) is 0 Å². The van der Waals surface area contributed by atoms with Crippen LogP contribution in [0.3, 0.4) is 0 Å². The van der Waals surface area contributed by atoms with Gasteiger partial charge in [-0.05, 0) is 0 Å². The van der Waals surface area contributed by atoms with Crippen molar-refractivity contribution in [3.8, 4) is 0 Å². The zero-order valence-electron chi connectivity index (χ0n) is 6.69. The van der Waals surface area contributed by atoms with E-state index >= 15 is 0 Å². The van der Waals surface area contributed by atoms with Crippen molar-refractivity contribution >= 4 is 11.8 Å². The van der Waals surface area contributed by atoms with Crippen LogP contribution in [-0.2, 0) is 9.59 Å². The lowest BCUT2D eigenvalue weighted by Gasteiger charge is -2.11. The minimum atomic E-state index is -0.492. The first kappa shape index (κ1) is 10.9. The van der Waals surface area contributed by atoms with Gasteiger partial charge < -0.3 is 16.7 Å². The van der Waals surface area contributed by atoms with Gasteiger partial charge >= 0.3 is 0 Å². The maximum absolute atomic E-state index is 10.2. The first-order chi connectivity index (χ1) is 5.52. The van der Waals surface area contributed by atoms with Gasteiger partial charge in [-0.1, -0.05) is 0 Å². The van der Waals surface area contributed by atoms with Gasteiger partial charge in [0.15, 0.2) is 0 Å². The van der Waals surface area contributed by atoms with E-state index in [9.17, 15) is 9.59 Å². The van der Waals surface area contributed by atoms with E-state index in [4.69, 9.17) is 16.7 Å². The molecular formula is C6H13N3O3. The molecule has 0 aromatic carbocycles. The first-order valence-corrected chi connectivity index (χ1v) is 3.53. The van der Waals surface area contributed by atoms with E-state index in [2.05, 4.69) is 0 Å². The summed E-state index contributed by atoms with van der Waals surface area (Å²) < 4.78 is 0. The average Bonchev–Trinajstić information content (AvgIpc) is 1.96. The van der Waals surface area contributed by atoms with E-state index < -0.39 is 11.8 Å². The summed E-state index contributed by atoms with van der Waals surface area (Å²) in [6.07, 6.45) is 0.129. The predicted molar refractivity (Wildman–Crippen MR) is 41.0 cm³/mol. The largest absolute Gasteiger partial charge is 0.370 e. The average molecular weight is 175 g/mol. The van der Waals surface area contributed by atoms with Crippen LogP contribution in [0.25, 0.3) is 0 Å². The van der Waals surface area contributed by atoms with Crippen LogP contribution in [0.4, 0.5) is 0 Å². The third-order valence-corrected chi connectivity index (χ3v) is 1.23. The standard InChI is InChI=1S/C6H13N3O3/c7-5(10)1-3-9(12)4-2-6(8)11/h12H,1-4H2,(H2,7,10)(H2,8,11). The minimum Gasteiger partial charge on any atom is -0.370 e. The highest BCUT2D eigenvalue weighted by molar-refractivity contribution is 5.74. The van der Waals surface area contributed by atoms with E-state index in [1.165, 1.54) is 0 Å². The number of hydroxylamine groups is 2. The summed E-state index contributed by atoms with van der Waals surface area (Å²) in [6.45, 7) is 0.255. The predicted octanol–water partition coefficient (Wildman–Crippen LogP) is -1.57. The fraction of sp³-hybridized carbons (Fsp3) is 0.667. The van der Waals surface area contributed by atoms with Crippen molar-refractivity contribution in [2.24, 2.45) is 11.5 Å². The Balaban J connectivity index is 3.39. The van der Waals surface area contributed by atoms with E-state index in [1.807, 2.05) is 0 Å². The number of carbonyl (C=O) groups excluding carboxylic acids is 2. The van der Waals surface area contributed by atoms with Crippen molar-refractivity contribution in [2.75, 3.05) is 13.1 Å². The van der Waals surface area contributed by atoms with Crippen molar-refractivity contribution in [1.29, 1.82) is 0 Å². The smallest absolute Gasteiger partial charge is 0.218 e.